The molecule has 1 fully saturated rings. The van der Waals surface area contributed by atoms with Crippen LogP contribution in [0.15, 0.2) is 54.6 Å². The van der Waals surface area contributed by atoms with Crippen LogP contribution >= 0.6 is 11.6 Å². The topological polar surface area (TPSA) is 20.3 Å². The molecule has 1 heterocycles. The summed E-state index contributed by atoms with van der Waals surface area (Å²) in [5.41, 5.74) is 2.10. The summed E-state index contributed by atoms with van der Waals surface area (Å²) >= 11 is 6.08. The highest BCUT2D eigenvalue weighted by Crippen LogP contribution is 2.34. The van der Waals surface area contributed by atoms with Crippen molar-refractivity contribution in [3.05, 3.63) is 70.7 Å². The van der Waals surface area contributed by atoms with Gasteiger partial charge < -0.3 is 4.90 Å². The number of likely N-dealkylation sites (tertiary alicyclic amines) is 1. The lowest BCUT2D eigenvalue weighted by Gasteiger charge is -2.40. The zero-order valence-corrected chi connectivity index (χ0v) is 15.6. The average molecular weight is 356 g/mol. The van der Waals surface area contributed by atoms with Gasteiger partial charge in [-0.15, -0.1) is 0 Å². The van der Waals surface area contributed by atoms with Gasteiger partial charge in [-0.2, -0.15) is 0 Å². The molecular weight excluding hydrogens is 330 g/mol. The van der Waals surface area contributed by atoms with Gasteiger partial charge in [0.1, 0.15) is 0 Å². The van der Waals surface area contributed by atoms with Crippen LogP contribution in [0.25, 0.3) is 0 Å². The molecule has 0 aromatic heterocycles. The van der Waals surface area contributed by atoms with Crippen LogP contribution in [-0.4, -0.2) is 23.4 Å². The van der Waals surface area contributed by atoms with Gasteiger partial charge in [-0.1, -0.05) is 67.8 Å². The molecule has 1 amide bonds. The number of benzene rings is 2. The third-order valence-electron chi connectivity index (χ3n) is 5.21. The molecule has 0 aliphatic carbocycles. The number of amides is 1. The zero-order valence-electron chi connectivity index (χ0n) is 14.8. The number of unbranched alkanes of at least 4 members (excludes halogenated alkanes) is 1. The third-order valence-corrected chi connectivity index (χ3v) is 5.45. The molecule has 2 nitrogen and oxygen atoms in total. The van der Waals surface area contributed by atoms with Crippen LogP contribution in [0.5, 0.6) is 0 Å². The van der Waals surface area contributed by atoms with E-state index in [9.17, 15) is 4.79 Å². The summed E-state index contributed by atoms with van der Waals surface area (Å²) in [7, 11) is 0. The number of rotatable bonds is 5. The molecule has 0 bridgehead atoms. The minimum absolute atomic E-state index is 0.120. The number of hydrogen-bond acceptors (Lipinski definition) is 1. The molecule has 0 saturated carbocycles. The Hall–Kier alpha value is -1.80. The van der Waals surface area contributed by atoms with Crippen LogP contribution < -0.4 is 0 Å². The van der Waals surface area contributed by atoms with Gasteiger partial charge in [-0.3, -0.25) is 4.79 Å². The van der Waals surface area contributed by atoms with E-state index in [2.05, 4.69) is 42.2 Å². The fourth-order valence-corrected chi connectivity index (χ4v) is 4.04. The molecule has 0 N–H and O–H groups in total. The van der Waals surface area contributed by atoms with E-state index in [1.165, 1.54) is 5.56 Å². The van der Waals surface area contributed by atoms with Crippen molar-refractivity contribution < 1.29 is 4.79 Å². The average Bonchev–Trinajstić information content (AvgIpc) is 2.66. The van der Waals surface area contributed by atoms with Crippen LogP contribution in [0.1, 0.15) is 60.9 Å². The number of halogens is 1. The van der Waals surface area contributed by atoms with Crippen molar-refractivity contribution in [2.24, 2.45) is 0 Å². The number of carbonyl (C=O) groups is 1. The third kappa shape index (κ3) is 4.43. The van der Waals surface area contributed by atoms with Crippen molar-refractivity contribution in [2.75, 3.05) is 6.54 Å². The van der Waals surface area contributed by atoms with E-state index in [4.69, 9.17) is 11.6 Å². The van der Waals surface area contributed by atoms with Crippen LogP contribution in [0.3, 0.4) is 0 Å². The minimum Gasteiger partial charge on any atom is -0.336 e. The predicted octanol–water partition coefficient (Wildman–Crippen LogP) is 5.92. The molecule has 0 radical (unpaired) electrons. The summed E-state index contributed by atoms with van der Waals surface area (Å²) in [5.74, 6) is 0.668. The smallest absolute Gasteiger partial charge is 0.254 e. The van der Waals surface area contributed by atoms with Gasteiger partial charge in [-0.25, -0.2) is 0 Å². The Morgan fingerprint density at radius 2 is 1.96 bits per heavy atom. The van der Waals surface area contributed by atoms with Gasteiger partial charge in [0.2, 0.25) is 0 Å². The first kappa shape index (κ1) is 18.0. The number of hydrogen-bond donors (Lipinski definition) is 0. The summed E-state index contributed by atoms with van der Waals surface area (Å²) in [6.07, 6.45) is 5.47. The standard InChI is InChI=1S/C22H26ClNO/c1-2-3-12-21-16-18(17-8-5-4-6-9-17)13-14-24(21)22(25)19-10-7-11-20(23)15-19/h4-11,15,18,21H,2-3,12-14,16H2,1H3/t18-,21-/m1/s1. The van der Waals surface area contributed by atoms with E-state index in [0.717, 1.165) is 38.6 Å². The van der Waals surface area contributed by atoms with E-state index in [0.29, 0.717) is 22.5 Å². The highest BCUT2D eigenvalue weighted by atomic mass is 35.5. The van der Waals surface area contributed by atoms with Crippen molar-refractivity contribution in [2.45, 2.75) is 51.0 Å². The lowest BCUT2D eigenvalue weighted by atomic mass is 9.83. The molecule has 2 aromatic carbocycles. The van der Waals surface area contributed by atoms with Crippen molar-refractivity contribution in [1.29, 1.82) is 0 Å². The maximum absolute atomic E-state index is 13.0. The van der Waals surface area contributed by atoms with Crippen molar-refractivity contribution in [3.63, 3.8) is 0 Å². The molecule has 1 aliphatic rings. The summed E-state index contributed by atoms with van der Waals surface area (Å²) in [6, 6.07) is 18.4. The van der Waals surface area contributed by atoms with Gasteiger partial charge in [0.15, 0.2) is 0 Å². The second kappa shape index (κ2) is 8.53. The normalized spacial score (nSPS) is 20.5. The van der Waals surface area contributed by atoms with Gasteiger partial charge in [-0.05, 0) is 48.9 Å². The summed E-state index contributed by atoms with van der Waals surface area (Å²) in [4.78, 5) is 15.1. The summed E-state index contributed by atoms with van der Waals surface area (Å²) in [6.45, 7) is 3.03. The van der Waals surface area contributed by atoms with E-state index in [1.807, 2.05) is 18.2 Å². The predicted molar refractivity (Wildman–Crippen MR) is 104 cm³/mol. The van der Waals surface area contributed by atoms with E-state index < -0.39 is 0 Å². The SMILES string of the molecule is CCCC[C@@H]1C[C@H](c2ccccc2)CCN1C(=O)c1cccc(Cl)c1. The monoisotopic (exact) mass is 355 g/mol. The van der Waals surface area contributed by atoms with E-state index in [-0.39, 0.29) is 5.91 Å². The number of carbonyl (C=O) groups excluding carboxylic acids is 1. The zero-order chi connectivity index (χ0) is 17.6. The molecule has 2 aromatic rings. The minimum atomic E-state index is 0.120. The second-order valence-electron chi connectivity index (χ2n) is 6.94. The highest BCUT2D eigenvalue weighted by Gasteiger charge is 2.32. The fraction of sp³-hybridized carbons (Fsp3) is 0.409. The van der Waals surface area contributed by atoms with Crippen molar-refractivity contribution >= 4 is 17.5 Å². The van der Waals surface area contributed by atoms with E-state index in [1.54, 1.807) is 6.07 Å². The Labute approximate surface area is 155 Å². The van der Waals surface area contributed by atoms with Gasteiger partial charge in [0, 0.05) is 23.2 Å². The Morgan fingerprint density at radius 3 is 2.68 bits per heavy atom. The largest absolute Gasteiger partial charge is 0.336 e. The molecule has 1 saturated heterocycles. The van der Waals surface area contributed by atoms with E-state index >= 15 is 0 Å². The Balaban J connectivity index is 1.78. The molecule has 0 unspecified atom stereocenters. The molecule has 0 spiro atoms. The quantitative estimate of drug-likeness (QED) is 0.652. The van der Waals surface area contributed by atoms with Gasteiger partial charge >= 0.3 is 0 Å². The van der Waals surface area contributed by atoms with Gasteiger partial charge in [0.05, 0.1) is 0 Å². The molecular formula is C22H26ClNO. The van der Waals surface area contributed by atoms with Gasteiger partial charge in [0.25, 0.3) is 5.91 Å². The van der Waals surface area contributed by atoms with Crippen LogP contribution in [-0.2, 0) is 0 Å². The second-order valence-corrected chi connectivity index (χ2v) is 7.37. The Morgan fingerprint density at radius 1 is 1.16 bits per heavy atom. The van der Waals surface area contributed by atoms with Crippen molar-refractivity contribution in [1.82, 2.24) is 4.90 Å². The fourth-order valence-electron chi connectivity index (χ4n) is 3.85. The Kier molecular flexibility index (Phi) is 6.14. The number of nitrogens with zero attached hydrogens (tertiary/aromatic N) is 1. The highest BCUT2D eigenvalue weighted by molar-refractivity contribution is 6.30. The maximum atomic E-state index is 13.0. The Bertz CT molecular complexity index is 700. The molecule has 3 rings (SSSR count). The molecule has 2 atom stereocenters. The molecule has 3 heteroatoms. The first-order chi connectivity index (χ1) is 12.2. The molecule has 132 valence electrons. The summed E-state index contributed by atoms with van der Waals surface area (Å²) in [5, 5.41) is 0.620. The molecule has 25 heavy (non-hydrogen) atoms. The molecule has 1 aliphatic heterocycles. The maximum Gasteiger partial charge on any atom is 0.254 e. The van der Waals surface area contributed by atoms with Crippen LogP contribution in [0.2, 0.25) is 5.02 Å². The summed E-state index contributed by atoms with van der Waals surface area (Å²) < 4.78 is 0. The van der Waals surface area contributed by atoms with Crippen molar-refractivity contribution in [3.8, 4) is 0 Å². The van der Waals surface area contributed by atoms with Crippen LogP contribution in [0.4, 0.5) is 0 Å². The lowest BCUT2D eigenvalue weighted by molar-refractivity contribution is 0.0575. The van der Waals surface area contributed by atoms with Crippen LogP contribution in [0, 0.1) is 0 Å². The lowest BCUT2D eigenvalue weighted by Crippen LogP contribution is -2.45. The first-order valence-electron chi connectivity index (χ1n) is 9.30. The first-order valence-corrected chi connectivity index (χ1v) is 9.68. The number of piperidine rings is 1.